The minimum absolute atomic E-state index is 0.312. The molecule has 1 aromatic heterocycles. The first-order chi connectivity index (χ1) is 8.47. The summed E-state index contributed by atoms with van der Waals surface area (Å²) in [6.07, 6.45) is 0. The Morgan fingerprint density at radius 2 is 1.78 bits per heavy atom. The van der Waals surface area contributed by atoms with E-state index in [1.165, 1.54) is 23.5 Å². The Bertz CT molecular complexity index is 531. The van der Waals surface area contributed by atoms with E-state index in [2.05, 4.69) is 4.98 Å². The first-order valence-corrected chi connectivity index (χ1v) is 6.52. The van der Waals surface area contributed by atoms with Crippen LogP contribution in [0.3, 0.4) is 0 Å². The summed E-state index contributed by atoms with van der Waals surface area (Å²) in [6, 6.07) is 2.72. The fraction of sp³-hybridized carbons (Fsp3) is 0.308. The van der Waals surface area contributed by atoms with Crippen molar-refractivity contribution in [3.05, 3.63) is 51.5 Å². The van der Waals surface area contributed by atoms with Crippen LogP contribution >= 0.6 is 11.3 Å². The van der Waals surface area contributed by atoms with Gasteiger partial charge in [0, 0.05) is 11.4 Å². The van der Waals surface area contributed by atoms with Crippen LogP contribution < -0.4 is 5.73 Å². The van der Waals surface area contributed by atoms with E-state index in [1.807, 2.05) is 19.2 Å². The molecule has 2 N–H and O–H groups in total. The highest BCUT2D eigenvalue weighted by molar-refractivity contribution is 7.09. The van der Waals surface area contributed by atoms with Crippen molar-refractivity contribution >= 4 is 11.3 Å². The third kappa shape index (κ3) is 2.73. The zero-order chi connectivity index (χ0) is 13.3. The van der Waals surface area contributed by atoms with Crippen LogP contribution in [-0.4, -0.2) is 4.98 Å². The fourth-order valence-electron chi connectivity index (χ4n) is 1.61. The Morgan fingerprint density at radius 3 is 2.28 bits per heavy atom. The highest BCUT2D eigenvalue weighted by atomic mass is 32.1. The first kappa shape index (κ1) is 13.1. The molecular weight excluding hydrogens is 254 g/mol. The minimum atomic E-state index is -0.624. The van der Waals surface area contributed by atoms with Gasteiger partial charge in [-0.15, -0.1) is 11.3 Å². The number of nitrogens with zero attached hydrogens (tertiary/aromatic N) is 1. The number of halogens is 2. The van der Waals surface area contributed by atoms with Crippen molar-refractivity contribution in [3.63, 3.8) is 0 Å². The highest BCUT2D eigenvalue weighted by Crippen LogP contribution is 2.26. The Labute approximate surface area is 108 Å². The average molecular weight is 268 g/mol. The Hall–Kier alpha value is -1.33. The van der Waals surface area contributed by atoms with Gasteiger partial charge in [-0.25, -0.2) is 13.8 Å². The van der Waals surface area contributed by atoms with Gasteiger partial charge in [0.25, 0.3) is 0 Å². The van der Waals surface area contributed by atoms with Gasteiger partial charge in [-0.05, 0) is 23.6 Å². The third-order valence-corrected chi connectivity index (χ3v) is 3.59. The van der Waals surface area contributed by atoms with Crippen molar-refractivity contribution in [2.24, 2.45) is 5.73 Å². The van der Waals surface area contributed by atoms with Crippen LogP contribution in [0.2, 0.25) is 0 Å². The molecule has 5 heteroatoms. The maximum atomic E-state index is 13.1. The molecule has 18 heavy (non-hydrogen) atoms. The number of hydrogen-bond acceptors (Lipinski definition) is 3. The minimum Gasteiger partial charge on any atom is -0.318 e. The summed E-state index contributed by atoms with van der Waals surface area (Å²) in [5.74, 6) is -0.936. The van der Waals surface area contributed by atoms with Gasteiger partial charge in [0.1, 0.15) is 16.6 Å². The van der Waals surface area contributed by atoms with E-state index in [1.54, 1.807) is 0 Å². The normalized spacial score (nSPS) is 13.0. The van der Waals surface area contributed by atoms with Crippen molar-refractivity contribution in [2.45, 2.75) is 25.8 Å². The molecule has 0 amide bonds. The molecular formula is C13H14F2N2S. The summed E-state index contributed by atoms with van der Waals surface area (Å²) in [4.78, 5) is 4.39. The number of benzene rings is 1. The quantitative estimate of drug-likeness (QED) is 0.923. The van der Waals surface area contributed by atoms with Crippen molar-refractivity contribution in [1.82, 2.24) is 4.98 Å². The van der Waals surface area contributed by atoms with Crippen molar-refractivity contribution in [1.29, 1.82) is 0 Å². The van der Waals surface area contributed by atoms with Crippen LogP contribution in [-0.2, 0) is 0 Å². The molecule has 0 aliphatic rings. The van der Waals surface area contributed by atoms with Gasteiger partial charge in [-0.3, -0.25) is 0 Å². The predicted octanol–water partition coefficient (Wildman–Crippen LogP) is 3.59. The van der Waals surface area contributed by atoms with Crippen molar-refractivity contribution in [3.8, 4) is 0 Å². The van der Waals surface area contributed by atoms with Crippen LogP contribution in [0.25, 0.3) is 0 Å². The third-order valence-electron chi connectivity index (χ3n) is 2.64. The molecule has 0 saturated carbocycles. The van der Waals surface area contributed by atoms with Crippen LogP contribution in [0.1, 0.15) is 42.1 Å². The largest absolute Gasteiger partial charge is 0.318 e. The number of nitrogens with two attached hydrogens (primary N) is 1. The zero-order valence-corrected chi connectivity index (χ0v) is 11.0. The number of hydrogen-bond donors (Lipinski definition) is 1. The SMILES string of the molecule is CC(C)c1csc(C(N)c2cc(F)cc(F)c2)n1. The molecule has 2 aromatic rings. The molecule has 2 nitrogen and oxygen atoms in total. The van der Waals surface area contributed by atoms with Crippen LogP contribution in [0, 0.1) is 11.6 Å². The van der Waals surface area contributed by atoms with E-state index in [-0.39, 0.29) is 0 Å². The van der Waals surface area contributed by atoms with Gasteiger partial charge in [0.15, 0.2) is 0 Å². The lowest BCUT2D eigenvalue weighted by atomic mass is 10.1. The number of thiazole rings is 1. The van der Waals surface area contributed by atoms with Crippen molar-refractivity contribution < 1.29 is 8.78 Å². The van der Waals surface area contributed by atoms with Gasteiger partial charge >= 0.3 is 0 Å². The molecule has 1 heterocycles. The van der Waals surface area contributed by atoms with Gasteiger partial charge in [-0.1, -0.05) is 13.8 Å². The van der Waals surface area contributed by atoms with E-state index in [9.17, 15) is 8.78 Å². The lowest BCUT2D eigenvalue weighted by Gasteiger charge is -2.09. The smallest absolute Gasteiger partial charge is 0.126 e. The predicted molar refractivity (Wildman–Crippen MR) is 68.6 cm³/mol. The van der Waals surface area contributed by atoms with E-state index < -0.39 is 17.7 Å². The van der Waals surface area contributed by atoms with Gasteiger partial charge in [0.2, 0.25) is 0 Å². The molecule has 0 fully saturated rings. The van der Waals surface area contributed by atoms with Gasteiger partial charge < -0.3 is 5.73 Å². The summed E-state index contributed by atoms with van der Waals surface area (Å²) < 4.78 is 26.2. The molecule has 1 aromatic carbocycles. The molecule has 2 rings (SSSR count). The van der Waals surface area contributed by atoms with Crippen LogP contribution in [0.4, 0.5) is 8.78 Å². The number of aromatic nitrogens is 1. The fourth-order valence-corrected chi connectivity index (χ4v) is 2.61. The second-order valence-corrected chi connectivity index (χ2v) is 5.34. The Kier molecular flexibility index (Phi) is 3.73. The zero-order valence-electron chi connectivity index (χ0n) is 10.2. The molecule has 1 atom stereocenters. The first-order valence-electron chi connectivity index (χ1n) is 5.64. The summed E-state index contributed by atoms with van der Waals surface area (Å²) in [7, 11) is 0. The maximum absolute atomic E-state index is 13.1. The average Bonchev–Trinajstić information content (AvgIpc) is 2.75. The van der Waals surface area contributed by atoms with Gasteiger partial charge in [-0.2, -0.15) is 0 Å². The Balaban J connectivity index is 2.31. The highest BCUT2D eigenvalue weighted by Gasteiger charge is 2.16. The van der Waals surface area contributed by atoms with Crippen LogP contribution in [0.5, 0.6) is 0 Å². The topological polar surface area (TPSA) is 38.9 Å². The molecule has 96 valence electrons. The molecule has 1 unspecified atom stereocenters. The summed E-state index contributed by atoms with van der Waals surface area (Å²) in [5.41, 5.74) is 7.33. The second kappa shape index (κ2) is 5.12. The molecule has 0 bridgehead atoms. The van der Waals surface area contributed by atoms with E-state index >= 15 is 0 Å². The molecule has 0 aliphatic heterocycles. The summed E-state index contributed by atoms with van der Waals surface area (Å²) in [5, 5.41) is 2.60. The van der Waals surface area contributed by atoms with Crippen molar-refractivity contribution in [2.75, 3.05) is 0 Å². The monoisotopic (exact) mass is 268 g/mol. The molecule has 0 radical (unpaired) electrons. The van der Waals surface area contributed by atoms with E-state index in [0.717, 1.165) is 11.8 Å². The molecule has 0 saturated heterocycles. The summed E-state index contributed by atoms with van der Waals surface area (Å²) >= 11 is 1.41. The summed E-state index contributed by atoms with van der Waals surface area (Å²) in [6.45, 7) is 4.07. The van der Waals surface area contributed by atoms with Crippen LogP contribution in [0.15, 0.2) is 23.6 Å². The van der Waals surface area contributed by atoms with E-state index in [0.29, 0.717) is 16.5 Å². The van der Waals surface area contributed by atoms with Gasteiger partial charge in [0.05, 0.1) is 11.7 Å². The second-order valence-electron chi connectivity index (χ2n) is 4.45. The molecule has 0 spiro atoms. The molecule has 0 aliphatic carbocycles. The Morgan fingerprint density at radius 1 is 1.17 bits per heavy atom. The number of rotatable bonds is 3. The standard InChI is InChI=1S/C13H14F2N2S/c1-7(2)11-6-18-13(17-11)12(16)8-3-9(14)5-10(15)4-8/h3-7,12H,16H2,1-2H3. The lowest BCUT2D eigenvalue weighted by molar-refractivity contribution is 0.577. The van der Waals surface area contributed by atoms with E-state index in [4.69, 9.17) is 5.73 Å². The maximum Gasteiger partial charge on any atom is 0.126 e. The lowest BCUT2D eigenvalue weighted by Crippen LogP contribution is -2.12.